The van der Waals surface area contributed by atoms with Gasteiger partial charge < -0.3 is 10.1 Å². The van der Waals surface area contributed by atoms with Crippen molar-refractivity contribution in [2.75, 3.05) is 0 Å². The predicted molar refractivity (Wildman–Crippen MR) is 180 cm³/mol. The third-order valence-electron chi connectivity index (χ3n) is 11.0. The molecule has 3 aromatic heterocycles. The normalized spacial score (nSPS) is 21.6. The molecule has 0 bridgehead atoms. The van der Waals surface area contributed by atoms with Gasteiger partial charge >= 0.3 is 0 Å². The average molecular weight is 582 g/mol. The Morgan fingerprint density at radius 2 is 1.73 bits per heavy atom. The van der Waals surface area contributed by atoms with Gasteiger partial charge in [0.2, 0.25) is 11.4 Å². The van der Waals surface area contributed by atoms with Crippen LogP contribution in [-0.4, -0.2) is 10.1 Å². The maximum absolute atomic E-state index is 11.3. The number of H-pyrrole nitrogens is 1. The minimum absolute atomic E-state index is 0.233. The number of nitrogens with zero attached hydrogens (tertiary/aromatic N) is 2. The van der Waals surface area contributed by atoms with E-state index in [1.54, 1.807) is 0 Å². The van der Waals surface area contributed by atoms with Gasteiger partial charge in [-0.15, -0.1) is 0 Å². The van der Waals surface area contributed by atoms with Crippen LogP contribution in [0.25, 0.3) is 44.9 Å². The summed E-state index contributed by atoms with van der Waals surface area (Å²) in [5, 5.41) is 12.4. The van der Waals surface area contributed by atoms with Crippen LogP contribution in [0.3, 0.4) is 0 Å². The summed E-state index contributed by atoms with van der Waals surface area (Å²) in [5.74, 6) is 0.635. The van der Waals surface area contributed by atoms with Gasteiger partial charge in [-0.2, -0.15) is 9.13 Å². The minimum atomic E-state index is -0.300. The van der Waals surface area contributed by atoms with Crippen molar-refractivity contribution in [2.45, 2.75) is 71.8 Å². The molecule has 0 fully saturated rings. The number of rotatable bonds is 2. The lowest BCUT2D eigenvalue weighted by Gasteiger charge is -2.47. The second-order valence-electron chi connectivity index (χ2n) is 13.8. The summed E-state index contributed by atoms with van der Waals surface area (Å²) >= 11 is 0. The highest BCUT2D eigenvalue weighted by atomic mass is 16.3. The molecule has 2 unspecified atom stereocenters. The molecule has 4 heteroatoms. The lowest BCUT2D eigenvalue weighted by Crippen LogP contribution is -2.68. The second kappa shape index (κ2) is 10.1. The van der Waals surface area contributed by atoms with Gasteiger partial charge in [-0.25, -0.2) is 0 Å². The molecular weight excluding hydrogens is 538 g/mol. The molecule has 0 radical (unpaired) electrons. The minimum Gasteiger partial charge on any atom is -0.507 e. The van der Waals surface area contributed by atoms with E-state index < -0.39 is 0 Å². The van der Waals surface area contributed by atoms with Gasteiger partial charge in [-0.1, -0.05) is 32.0 Å². The molecule has 2 aliphatic heterocycles. The summed E-state index contributed by atoms with van der Waals surface area (Å²) < 4.78 is 4.82. The zero-order chi connectivity index (χ0) is 31.0. The van der Waals surface area contributed by atoms with Gasteiger partial charge in [0, 0.05) is 59.4 Å². The van der Waals surface area contributed by atoms with Gasteiger partial charge in [0.1, 0.15) is 5.76 Å². The Morgan fingerprint density at radius 3 is 2.52 bits per heavy atom. The number of aromatic nitrogens is 3. The Bertz CT molecular complexity index is 2010. The Balaban J connectivity index is 1.52. The molecule has 7 rings (SSSR count). The third-order valence-corrected chi connectivity index (χ3v) is 11.0. The first-order chi connectivity index (χ1) is 21.0. The van der Waals surface area contributed by atoms with E-state index in [2.05, 4.69) is 128 Å². The SMILES string of the molecule is C=C1CC2(C)[n+]3ccc(C)cc3-c3cc4c(/C(O)=C(/C)C(C)C)c[nH]c4cc3C2(C)CCc2ccccc2-c2cccc[n+]21. The molecule has 2 atom stereocenters. The van der Waals surface area contributed by atoms with Crippen LogP contribution in [0, 0.1) is 12.8 Å². The summed E-state index contributed by atoms with van der Waals surface area (Å²) in [6, 6.07) is 24.6. The van der Waals surface area contributed by atoms with E-state index >= 15 is 0 Å². The Morgan fingerprint density at radius 1 is 0.955 bits per heavy atom. The van der Waals surface area contributed by atoms with Gasteiger partial charge in [0.15, 0.2) is 23.6 Å². The molecule has 0 saturated carbocycles. The summed E-state index contributed by atoms with van der Waals surface area (Å²) in [4.78, 5) is 3.54. The predicted octanol–water partition coefficient (Wildman–Crippen LogP) is 8.82. The number of nitrogens with one attached hydrogen (secondary N) is 1. The molecular formula is C40H43N3O+2. The van der Waals surface area contributed by atoms with Crippen LogP contribution in [0.15, 0.2) is 97.5 Å². The van der Waals surface area contributed by atoms with E-state index in [9.17, 15) is 5.11 Å². The monoisotopic (exact) mass is 581 g/mol. The first-order valence-corrected chi connectivity index (χ1v) is 15.9. The van der Waals surface area contributed by atoms with E-state index in [0.717, 1.165) is 47.0 Å². The molecule has 0 aliphatic carbocycles. The van der Waals surface area contributed by atoms with E-state index in [-0.39, 0.29) is 16.9 Å². The van der Waals surface area contributed by atoms with E-state index in [4.69, 9.17) is 6.58 Å². The van der Waals surface area contributed by atoms with Gasteiger partial charge in [0.05, 0.1) is 17.4 Å². The van der Waals surface area contributed by atoms with Crippen molar-refractivity contribution in [3.63, 3.8) is 0 Å². The number of fused-ring (bicyclic) bond motifs is 10. The zero-order valence-corrected chi connectivity index (χ0v) is 26.8. The summed E-state index contributed by atoms with van der Waals surface area (Å²) in [5.41, 5.74) is 12.3. The highest BCUT2D eigenvalue weighted by molar-refractivity contribution is 5.95. The smallest absolute Gasteiger partial charge is 0.218 e. The van der Waals surface area contributed by atoms with Crippen molar-refractivity contribution in [3.05, 3.63) is 120 Å². The Kier molecular flexibility index (Phi) is 6.47. The first kappa shape index (κ1) is 28.3. The van der Waals surface area contributed by atoms with Crippen molar-refractivity contribution < 1.29 is 14.2 Å². The molecule has 44 heavy (non-hydrogen) atoms. The molecule has 5 aromatic rings. The molecule has 0 saturated heterocycles. The van der Waals surface area contributed by atoms with Gasteiger partial charge in [-0.05, 0) is 92.6 Å². The highest BCUT2D eigenvalue weighted by Crippen LogP contribution is 2.53. The van der Waals surface area contributed by atoms with Crippen molar-refractivity contribution in [1.29, 1.82) is 0 Å². The number of aromatic amines is 1. The lowest BCUT2D eigenvalue weighted by molar-refractivity contribution is -0.766. The third kappa shape index (κ3) is 4.03. The maximum atomic E-state index is 11.3. The summed E-state index contributed by atoms with van der Waals surface area (Å²) in [6.07, 6.45) is 9.15. The fourth-order valence-electron chi connectivity index (χ4n) is 7.80. The van der Waals surface area contributed by atoms with Crippen LogP contribution in [0.5, 0.6) is 0 Å². The first-order valence-electron chi connectivity index (χ1n) is 15.9. The molecule has 0 amide bonds. The molecule has 5 heterocycles. The number of pyridine rings is 2. The molecule has 0 spiro atoms. The molecule has 2 aliphatic rings. The average Bonchev–Trinajstić information content (AvgIpc) is 3.44. The quantitative estimate of drug-likeness (QED) is 0.159. The highest BCUT2D eigenvalue weighted by Gasteiger charge is 2.59. The zero-order valence-electron chi connectivity index (χ0n) is 26.8. The lowest BCUT2D eigenvalue weighted by atomic mass is 9.59. The van der Waals surface area contributed by atoms with E-state index in [1.807, 2.05) is 13.1 Å². The molecule has 2 N–H and O–H groups in total. The van der Waals surface area contributed by atoms with Crippen LogP contribution in [-0.2, 0) is 17.4 Å². The number of benzene rings is 2. The maximum Gasteiger partial charge on any atom is 0.218 e. The second-order valence-corrected chi connectivity index (χ2v) is 13.8. The van der Waals surface area contributed by atoms with Crippen LogP contribution >= 0.6 is 0 Å². The molecule has 2 aromatic carbocycles. The number of allylic oxidation sites excluding steroid dienone is 2. The van der Waals surface area contributed by atoms with Crippen LogP contribution in [0.1, 0.15) is 69.7 Å². The number of aliphatic hydroxyl groups is 1. The van der Waals surface area contributed by atoms with Gasteiger partial charge in [0.25, 0.3) is 0 Å². The van der Waals surface area contributed by atoms with Crippen molar-refractivity contribution in [3.8, 4) is 22.5 Å². The fourth-order valence-corrected chi connectivity index (χ4v) is 7.80. The van der Waals surface area contributed by atoms with E-state index in [1.165, 1.54) is 39.2 Å². The molecule has 222 valence electrons. The summed E-state index contributed by atoms with van der Waals surface area (Å²) in [7, 11) is 0. The number of aryl methyl sites for hydroxylation is 2. The van der Waals surface area contributed by atoms with Crippen LogP contribution < -0.4 is 9.13 Å². The van der Waals surface area contributed by atoms with E-state index in [0.29, 0.717) is 5.76 Å². The fraction of sp³-hybridized carbons (Fsp3) is 0.300. The van der Waals surface area contributed by atoms with Crippen molar-refractivity contribution >= 4 is 22.4 Å². The van der Waals surface area contributed by atoms with Crippen molar-refractivity contribution in [1.82, 2.24) is 4.98 Å². The number of hydrogen-bond donors (Lipinski definition) is 2. The van der Waals surface area contributed by atoms with Crippen molar-refractivity contribution in [2.24, 2.45) is 5.92 Å². The Labute approximate surface area is 261 Å². The summed E-state index contributed by atoms with van der Waals surface area (Å²) in [6.45, 7) is 18.1. The van der Waals surface area contributed by atoms with Gasteiger partial charge in [-0.3, -0.25) is 0 Å². The Hall–Kier alpha value is -4.44. The number of hydrogen-bond acceptors (Lipinski definition) is 1. The largest absolute Gasteiger partial charge is 0.507 e. The standard InChI is InChI=1S/C40H41N3O/c1-25(2)28(5)38(44)33-24-41-35-22-34-32(21-31(33)35)37-20-26(3)16-19-43(37)40(7)23-27(4)42-18-11-10-14-36(42)30-13-9-8-12-29(30)15-17-39(34,40)6/h8-14,16,18-22,24-25H,4,15,17,23H2,1-3,5-7H3/p+2/b38-28+. The van der Waals surface area contributed by atoms with Crippen LogP contribution in [0.2, 0.25) is 0 Å². The van der Waals surface area contributed by atoms with Crippen LogP contribution in [0.4, 0.5) is 0 Å². The number of aliphatic hydroxyl groups excluding tert-OH is 1. The topological polar surface area (TPSA) is 43.8 Å². The molecule has 4 nitrogen and oxygen atoms in total.